The number of benzene rings is 2. The molecular formula is C18H14Br2N2O. The van der Waals surface area contributed by atoms with Gasteiger partial charge in [0, 0.05) is 15.4 Å². The Morgan fingerprint density at radius 1 is 0.957 bits per heavy atom. The zero-order valence-electron chi connectivity index (χ0n) is 12.2. The van der Waals surface area contributed by atoms with Gasteiger partial charge in [0.1, 0.15) is 0 Å². The summed E-state index contributed by atoms with van der Waals surface area (Å²) in [6.07, 6.45) is 5.48. The lowest BCUT2D eigenvalue weighted by Gasteiger charge is -2.17. The van der Waals surface area contributed by atoms with Gasteiger partial charge < -0.3 is 0 Å². The van der Waals surface area contributed by atoms with Crippen LogP contribution in [0.15, 0.2) is 68.7 Å². The highest BCUT2D eigenvalue weighted by atomic mass is 79.9. The first-order valence-electron chi connectivity index (χ1n) is 7.16. The van der Waals surface area contributed by atoms with E-state index in [9.17, 15) is 4.79 Å². The van der Waals surface area contributed by atoms with Gasteiger partial charge in [-0.2, -0.15) is 5.10 Å². The van der Waals surface area contributed by atoms with Crippen molar-refractivity contribution >= 4 is 50.1 Å². The van der Waals surface area contributed by atoms with Crippen molar-refractivity contribution in [3.63, 3.8) is 0 Å². The highest BCUT2D eigenvalue weighted by Crippen LogP contribution is 2.30. The molecule has 1 aliphatic heterocycles. The van der Waals surface area contributed by atoms with Crippen molar-refractivity contribution in [2.24, 2.45) is 5.10 Å². The first-order valence-corrected chi connectivity index (χ1v) is 8.74. The summed E-state index contributed by atoms with van der Waals surface area (Å²) in [6.45, 7) is 0. The van der Waals surface area contributed by atoms with Crippen LogP contribution < -0.4 is 0 Å². The summed E-state index contributed by atoms with van der Waals surface area (Å²) in [5.74, 6) is 0. The molecule has 3 rings (SSSR count). The lowest BCUT2D eigenvalue weighted by Crippen LogP contribution is -2.17. The lowest BCUT2D eigenvalue weighted by molar-refractivity contribution is -0.119. The van der Waals surface area contributed by atoms with Crippen molar-refractivity contribution in [1.29, 1.82) is 0 Å². The van der Waals surface area contributed by atoms with E-state index in [4.69, 9.17) is 0 Å². The molecule has 3 nitrogen and oxygen atoms in total. The van der Waals surface area contributed by atoms with Gasteiger partial charge in [-0.05, 0) is 41.5 Å². The number of hydrazone groups is 1. The van der Waals surface area contributed by atoms with Gasteiger partial charge in [-0.25, -0.2) is 5.01 Å². The molecule has 2 aromatic rings. The quantitative estimate of drug-likeness (QED) is 0.611. The summed E-state index contributed by atoms with van der Waals surface area (Å²) in [5.41, 5.74) is 3.07. The smallest absolute Gasteiger partial charge is 0.230 e. The Kier molecular flexibility index (Phi) is 5.08. The van der Waals surface area contributed by atoms with Crippen molar-refractivity contribution in [3.8, 4) is 0 Å². The summed E-state index contributed by atoms with van der Waals surface area (Å²) < 4.78 is 2.07. The summed E-state index contributed by atoms with van der Waals surface area (Å²) in [7, 11) is 0. The molecule has 1 aliphatic rings. The second-order valence-electron chi connectivity index (χ2n) is 5.23. The maximum absolute atomic E-state index is 11.3. The Hall–Kier alpha value is -1.72. The van der Waals surface area contributed by atoms with Gasteiger partial charge in [0.25, 0.3) is 0 Å². The number of rotatable bonds is 4. The number of amides is 1. The third-order valence-corrected chi connectivity index (χ3v) is 4.72. The van der Waals surface area contributed by atoms with Crippen LogP contribution in [0.1, 0.15) is 23.6 Å². The molecule has 0 N–H and O–H groups in total. The fourth-order valence-corrected chi connectivity index (χ4v) is 3.00. The summed E-state index contributed by atoms with van der Waals surface area (Å²) >= 11 is 6.85. The van der Waals surface area contributed by atoms with Crippen LogP contribution in [0.4, 0.5) is 0 Å². The van der Waals surface area contributed by atoms with Gasteiger partial charge in [-0.3, -0.25) is 4.79 Å². The molecule has 0 spiro atoms. The Morgan fingerprint density at radius 2 is 1.57 bits per heavy atom. The largest absolute Gasteiger partial charge is 0.277 e. The first kappa shape index (κ1) is 16.1. The monoisotopic (exact) mass is 432 g/mol. The van der Waals surface area contributed by atoms with Crippen molar-refractivity contribution < 1.29 is 4.79 Å². The van der Waals surface area contributed by atoms with E-state index in [0.29, 0.717) is 6.42 Å². The highest BCUT2D eigenvalue weighted by Gasteiger charge is 2.26. The van der Waals surface area contributed by atoms with E-state index in [0.717, 1.165) is 32.2 Å². The Balaban J connectivity index is 1.75. The molecule has 116 valence electrons. The molecule has 1 amide bonds. The maximum Gasteiger partial charge on any atom is 0.230 e. The van der Waals surface area contributed by atoms with E-state index in [1.165, 1.54) is 5.01 Å². The van der Waals surface area contributed by atoms with Gasteiger partial charge >= 0.3 is 0 Å². The van der Waals surface area contributed by atoms with Crippen LogP contribution in [0.5, 0.6) is 0 Å². The SMILES string of the molecule is O=CN1N=C(/C=C/c2ccc(Br)cc2)C[C@@H]1c1ccc(Br)cc1. The van der Waals surface area contributed by atoms with E-state index < -0.39 is 0 Å². The summed E-state index contributed by atoms with van der Waals surface area (Å²) in [6, 6.07) is 16.0. The van der Waals surface area contributed by atoms with Crippen LogP contribution in [0.25, 0.3) is 6.08 Å². The van der Waals surface area contributed by atoms with E-state index in [-0.39, 0.29) is 6.04 Å². The average molecular weight is 434 g/mol. The van der Waals surface area contributed by atoms with Crippen molar-refractivity contribution in [1.82, 2.24) is 5.01 Å². The molecule has 0 saturated carbocycles. The summed E-state index contributed by atoms with van der Waals surface area (Å²) in [5, 5.41) is 5.88. The van der Waals surface area contributed by atoms with Crippen LogP contribution in [0.3, 0.4) is 0 Å². The Morgan fingerprint density at radius 3 is 2.17 bits per heavy atom. The van der Waals surface area contributed by atoms with E-state index >= 15 is 0 Å². The molecular weight excluding hydrogens is 420 g/mol. The summed E-state index contributed by atoms with van der Waals surface area (Å²) in [4.78, 5) is 11.3. The molecule has 0 fully saturated rings. The number of carbonyl (C=O) groups excluding carboxylic acids is 1. The lowest BCUT2D eigenvalue weighted by atomic mass is 10.0. The Labute approximate surface area is 152 Å². The molecule has 1 heterocycles. The normalized spacial score (nSPS) is 17.6. The predicted octanol–water partition coefficient (Wildman–Crippen LogP) is 5.18. The van der Waals surface area contributed by atoms with Crippen molar-refractivity contribution in [2.75, 3.05) is 0 Å². The predicted molar refractivity (Wildman–Crippen MR) is 100 cm³/mol. The fourth-order valence-electron chi connectivity index (χ4n) is 2.47. The molecule has 1 atom stereocenters. The molecule has 0 saturated heterocycles. The number of hydrogen-bond donors (Lipinski definition) is 0. The van der Waals surface area contributed by atoms with Gasteiger partial charge in [-0.15, -0.1) is 0 Å². The second-order valence-corrected chi connectivity index (χ2v) is 7.06. The van der Waals surface area contributed by atoms with Crippen LogP contribution in [0.2, 0.25) is 0 Å². The third kappa shape index (κ3) is 3.98. The third-order valence-electron chi connectivity index (χ3n) is 3.67. The maximum atomic E-state index is 11.3. The van der Waals surface area contributed by atoms with Crippen molar-refractivity contribution in [3.05, 3.63) is 74.7 Å². The highest BCUT2D eigenvalue weighted by molar-refractivity contribution is 9.10. The van der Waals surface area contributed by atoms with E-state index in [1.54, 1.807) is 0 Å². The fraction of sp³-hybridized carbons (Fsp3) is 0.111. The van der Waals surface area contributed by atoms with Gasteiger partial charge in [0.05, 0.1) is 11.8 Å². The number of nitrogens with zero attached hydrogens (tertiary/aromatic N) is 2. The van der Waals surface area contributed by atoms with Crippen molar-refractivity contribution in [2.45, 2.75) is 12.5 Å². The number of allylic oxidation sites excluding steroid dienone is 1. The molecule has 0 unspecified atom stereocenters. The van der Waals surface area contributed by atoms with Crippen LogP contribution in [-0.4, -0.2) is 17.1 Å². The first-order chi connectivity index (χ1) is 11.2. The molecule has 0 aromatic heterocycles. The average Bonchev–Trinajstić information content (AvgIpc) is 2.98. The number of hydrogen-bond acceptors (Lipinski definition) is 2. The minimum atomic E-state index is -0.0369. The molecule has 0 radical (unpaired) electrons. The number of carbonyl (C=O) groups is 1. The second kappa shape index (κ2) is 7.23. The zero-order chi connectivity index (χ0) is 16.2. The standard InChI is InChI=1S/C18H14Br2N2O/c19-15-6-1-13(2-7-15)3-10-17-11-18(22(12-23)21-17)14-4-8-16(20)9-5-14/h1-10,12,18H,11H2/b10-3+/t18-/m1/s1. The van der Waals surface area contributed by atoms with Crippen LogP contribution in [-0.2, 0) is 4.79 Å². The van der Waals surface area contributed by atoms with Crippen LogP contribution >= 0.6 is 31.9 Å². The zero-order valence-corrected chi connectivity index (χ0v) is 15.4. The molecule has 2 aromatic carbocycles. The number of halogens is 2. The molecule has 23 heavy (non-hydrogen) atoms. The molecule has 5 heteroatoms. The van der Waals surface area contributed by atoms with E-state index in [2.05, 4.69) is 37.0 Å². The Bertz CT molecular complexity index is 752. The minimum absolute atomic E-state index is 0.0369. The van der Waals surface area contributed by atoms with Crippen LogP contribution in [0, 0.1) is 0 Å². The van der Waals surface area contributed by atoms with Gasteiger partial charge in [-0.1, -0.05) is 62.2 Å². The van der Waals surface area contributed by atoms with Gasteiger partial charge in [0.2, 0.25) is 6.41 Å². The minimum Gasteiger partial charge on any atom is -0.277 e. The topological polar surface area (TPSA) is 32.7 Å². The van der Waals surface area contributed by atoms with Gasteiger partial charge in [0.15, 0.2) is 0 Å². The molecule has 0 aliphatic carbocycles. The molecule has 0 bridgehead atoms. The van der Waals surface area contributed by atoms with E-state index in [1.807, 2.05) is 60.7 Å².